The second-order valence-corrected chi connectivity index (χ2v) is 8.65. The molecule has 160 valence electrons. The molecule has 2 aromatic rings. The van der Waals surface area contributed by atoms with Crippen LogP contribution < -0.4 is 4.90 Å². The summed E-state index contributed by atoms with van der Waals surface area (Å²) in [5, 5.41) is 0. The normalized spacial score (nSPS) is 16.0. The fraction of sp³-hybridized carbons (Fsp3) is 0.417. The zero-order chi connectivity index (χ0) is 21.5. The Morgan fingerprint density at radius 3 is 2.63 bits per heavy atom. The number of carbonyl (C=O) groups excluding carboxylic acids is 2. The van der Waals surface area contributed by atoms with Crippen molar-refractivity contribution in [2.45, 2.75) is 45.1 Å². The first-order chi connectivity index (χ1) is 14.5. The number of carbonyl (C=O) groups is 2. The van der Waals surface area contributed by atoms with Crippen molar-refractivity contribution in [2.24, 2.45) is 0 Å². The SMILES string of the molecule is CSCCCCc1ccc(-c2ccc(N3C[C@H](CCC(C)=O)OC3=O)cc2F)cc1. The van der Waals surface area contributed by atoms with Crippen LogP contribution in [0.25, 0.3) is 11.1 Å². The molecule has 30 heavy (non-hydrogen) atoms. The third-order valence-corrected chi connectivity index (χ3v) is 5.98. The Hall–Kier alpha value is -2.34. The first-order valence-electron chi connectivity index (χ1n) is 10.3. The lowest BCUT2D eigenvalue weighted by atomic mass is 10.0. The molecule has 2 aromatic carbocycles. The van der Waals surface area contributed by atoms with Gasteiger partial charge in [0.15, 0.2) is 0 Å². The van der Waals surface area contributed by atoms with E-state index in [1.807, 2.05) is 23.9 Å². The molecule has 1 fully saturated rings. The number of anilines is 1. The van der Waals surface area contributed by atoms with Crippen molar-refractivity contribution in [1.82, 2.24) is 0 Å². The summed E-state index contributed by atoms with van der Waals surface area (Å²) in [4.78, 5) is 24.7. The summed E-state index contributed by atoms with van der Waals surface area (Å²) in [5.41, 5.74) is 3.05. The standard InChI is InChI=1S/C24H28FNO3S/c1-17(27)6-12-21-16-26(24(28)29-21)20-11-13-22(23(25)15-20)19-9-7-18(8-10-19)5-3-4-14-30-2/h7-11,13,15,21H,3-6,12,14,16H2,1-2H3/t21-/m0/s1. The Morgan fingerprint density at radius 1 is 1.20 bits per heavy atom. The largest absolute Gasteiger partial charge is 0.444 e. The lowest BCUT2D eigenvalue weighted by molar-refractivity contribution is -0.117. The molecule has 0 aliphatic carbocycles. The summed E-state index contributed by atoms with van der Waals surface area (Å²) in [5.74, 6) is 0.864. The molecule has 0 spiro atoms. The monoisotopic (exact) mass is 429 g/mol. The van der Waals surface area contributed by atoms with Gasteiger partial charge in [-0.1, -0.05) is 24.3 Å². The Bertz CT molecular complexity index is 885. The number of thioether (sulfide) groups is 1. The second-order valence-electron chi connectivity index (χ2n) is 7.67. The molecule has 1 saturated heterocycles. The number of unbranched alkanes of at least 4 members (excludes halogenated alkanes) is 1. The molecule has 0 radical (unpaired) electrons. The third-order valence-electron chi connectivity index (χ3n) is 5.29. The van der Waals surface area contributed by atoms with Crippen molar-refractivity contribution in [1.29, 1.82) is 0 Å². The number of Topliss-reactive ketones (excluding diaryl/α,β-unsaturated/α-hetero) is 1. The van der Waals surface area contributed by atoms with E-state index in [1.165, 1.54) is 35.6 Å². The van der Waals surface area contributed by atoms with E-state index in [0.717, 1.165) is 18.4 Å². The van der Waals surface area contributed by atoms with Crippen molar-refractivity contribution in [2.75, 3.05) is 23.5 Å². The van der Waals surface area contributed by atoms with Crippen molar-refractivity contribution in [3.8, 4) is 11.1 Å². The Kier molecular flexibility index (Phi) is 7.91. The lowest BCUT2D eigenvalue weighted by Gasteiger charge is -2.14. The van der Waals surface area contributed by atoms with E-state index in [0.29, 0.717) is 30.6 Å². The Balaban J connectivity index is 1.65. The molecular weight excluding hydrogens is 401 g/mol. The number of hydrogen-bond acceptors (Lipinski definition) is 4. The van der Waals surface area contributed by atoms with Gasteiger partial charge in [-0.15, -0.1) is 0 Å². The van der Waals surface area contributed by atoms with E-state index >= 15 is 0 Å². The summed E-state index contributed by atoms with van der Waals surface area (Å²) in [6, 6.07) is 12.8. The smallest absolute Gasteiger partial charge is 0.414 e. The van der Waals surface area contributed by atoms with Gasteiger partial charge in [0.1, 0.15) is 17.7 Å². The average molecular weight is 430 g/mol. The fourth-order valence-electron chi connectivity index (χ4n) is 3.58. The highest BCUT2D eigenvalue weighted by molar-refractivity contribution is 7.98. The maximum atomic E-state index is 14.8. The fourth-order valence-corrected chi connectivity index (χ4v) is 4.07. The Labute approximate surface area is 181 Å². The van der Waals surface area contributed by atoms with Gasteiger partial charge in [0.25, 0.3) is 0 Å². The van der Waals surface area contributed by atoms with Gasteiger partial charge in [0, 0.05) is 12.0 Å². The summed E-state index contributed by atoms with van der Waals surface area (Å²) in [7, 11) is 0. The van der Waals surface area contributed by atoms with E-state index in [9.17, 15) is 14.0 Å². The minimum Gasteiger partial charge on any atom is -0.444 e. The number of ketones is 1. The Morgan fingerprint density at radius 2 is 1.97 bits per heavy atom. The van der Waals surface area contributed by atoms with Gasteiger partial charge in [0.2, 0.25) is 0 Å². The van der Waals surface area contributed by atoms with Crippen LogP contribution in [0.4, 0.5) is 14.9 Å². The van der Waals surface area contributed by atoms with Gasteiger partial charge in [0.05, 0.1) is 12.2 Å². The molecule has 0 bridgehead atoms. The number of nitrogens with zero attached hydrogens (tertiary/aromatic N) is 1. The number of cyclic esters (lactones) is 1. The molecular formula is C24H28FNO3S. The average Bonchev–Trinajstić information content (AvgIpc) is 3.11. The number of rotatable bonds is 10. The van der Waals surface area contributed by atoms with Crippen LogP contribution >= 0.6 is 11.8 Å². The van der Waals surface area contributed by atoms with Crippen LogP contribution in [-0.4, -0.2) is 36.5 Å². The molecule has 6 heteroatoms. The minimum atomic E-state index is -0.499. The quantitative estimate of drug-likeness (QED) is 0.443. The number of amides is 1. The summed E-state index contributed by atoms with van der Waals surface area (Å²) < 4.78 is 20.1. The van der Waals surface area contributed by atoms with Crippen LogP contribution in [-0.2, 0) is 16.0 Å². The highest BCUT2D eigenvalue weighted by atomic mass is 32.2. The number of hydrogen-bond donors (Lipinski definition) is 0. The summed E-state index contributed by atoms with van der Waals surface area (Å²) in [6.45, 7) is 1.84. The van der Waals surface area contributed by atoms with E-state index in [4.69, 9.17) is 4.74 Å². The lowest BCUT2D eigenvalue weighted by Crippen LogP contribution is -2.24. The molecule has 0 saturated carbocycles. The summed E-state index contributed by atoms with van der Waals surface area (Å²) in [6.07, 6.45) is 5.53. The molecule has 4 nitrogen and oxygen atoms in total. The maximum Gasteiger partial charge on any atom is 0.414 e. The van der Waals surface area contributed by atoms with Gasteiger partial charge in [-0.2, -0.15) is 11.8 Å². The van der Waals surface area contributed by atoms with Crippen LogP contribution in [0.5, 0.6) is 0 Å². The van der Waals surface area contributed by atoms with Crippen molar-refractivity contribution < 1.29 is 18.7 Å². The summed E-state index contributed by atoms with van der Waals surface area (Å²) >= 11 is 1.86. The van der Waals surface area contributed by atoms with E-state index < -0.39 is 6.09 Å². The van der Waals surface area contributed by atoms with Gasteiger partial charge in [-0.05, 0) is 73.9 Å². The molecule has 1 amide bonds. The molecule has 3 rings (SSSR count). The predicted molar refractivity (Wildman–Crippen MR) is 121 cm³/mol. The van der Waals surface area contributed by atoms with Crippen LogP contribution in [0, 0.1) is 5.82 Å². The van der Waals surface area contributed by atoms with Crippen LogP contribution in [0.2, 0.25) is 0 Å². The molecule has 1 atom stereocenters. The minimum absolute atomic E-state index is 0.0610. The van der Waals surface area contributed by atoms with E-state index in [-0.39, 0.29) is 17.7 Å². The van der Waals surface area contributed by atoms with E-state index in [2.05, 4.69) is 18.4 Å². The van der Waals surface area contributed by atoms with Gasteiger partial charge in [-0.3, -0.25) is 4.90 Å². The van der Waals surface area contributed by atoms with Crippen LogP contribution in [0.15, 0.2) is 42.5 Å². The molecule has 0 N–H and O–H groups in total. The number of ether oxygens (including phenoxy) is 1. The topological polar surface area (TPSA) is 46.6 Å². The number of benzene rings is 2. The highest BCUT2D eigenvalue weighted by Gasteiger charge is 2.32. The van der Waals surface area contributed by atoms with Gasteiger partial charge in [-0.25, -0.2) is 9.18 Å². The number of aryl methyl sites for hydroxylation is 1. The zero-order valence-electron chi connectivity index (χ0n) is 17.5. The predicted octanol–water partition coefficient (Wildman–Crippen LogP) is 5.87. The first kappa shape index (κ1) is 22.3. The van der Waals surface area contributed by atoms with Crippen LogP contribution in [0.3, 0.4) is 0 Å². The molecule has 1 aliphatic heterocycles. The van der Waals surface area contributed by atoms with E-state index in [1.54, 1.807) is 12.1 Å². The third kappa shape index (κ3) is 5.85. The molecule has 0 unspecified atom stereocenters. The van der Waals surface area contributed by atoms with Gasteiger partial charge >= 0.3 is 6.09 Å². The first-order valence-corrected chi connectivity index (χ1v) is 11.7. The number of halogens is 1. The second kappa shape index (κ2) is 10.6. The zero-order valence-corrected chi connectivity index (χ0v) is 18.3. The van der Waals surface area contributed by atoms with Crippen molar-refractivity contribution >= 4 is 29.3 Å². The highest BCUT2D eigenvalue weighted by Crippen LogP contribution is 2.30. The van der Waals surface area contributed by atoms with Crippen LogP contribution in [0.1, 0.15) is 38.2 Å². The van der Waals surface area contributed by atoms with Crippen molar-refractivity contribution in [3.05, 3.63) is 53.8 Å². The van der Waals surface area contributed by atoms with Crippen molar-refractivity contribution in [3.63, 3.8) is 0 Å². The molecule has 0 aromatic heterocycles. The molecule has 1 heterocycles. The molecule has 1 aliphatic rings. The van der Waals surface area contributed by atoms with Gasteiger partial charge < -0.3 is 9.53 Å². The maximum absolute atomic E-state index is 14.8.